The van der Waals surface area contributed by atoms with Crippen LogP contribution >= 0.6 is 0 Å². The van der Waals surface area contributed by atoms with Gasteiger partial charge >= 0.3 is 0 Å². The molecule has 152 valence electrons. The Balaban J connectivity index is 1.42. The summed E-state index contributed by atoms with van der Waals surface area (Å²) in [5.74, 6) is 1.59. The van der Waals surface area contributed by atoms with Crippen molar-refractivity contribution in [1.82, 2.24) is 15.3 Å². The number of nitrogens with zero attached hydrogens (tertiary/aromatic N) is 1. The molecule has 0 saturated heterocycles. The molecule has 2 heterocycles. The lowest BCUT2D eigenvalue weighted by molar-refractivity contribution is -0.125. The molecule has 0 aliphatic heterocycles. The number of carbonyl (C=O) groups excluding carboxylic acids is 1. The summed E-state index contributed by atoms with van der Waals surface area (Å²) in [5.41, 5.74) is 8.52. The first-order valence-electron chi connectivity index (χ1n) is 11.2. The second-order valence-electron chi connectivity index (χ2n) is 8.88. The number of aromatic nitrogens is 2. The third-order valence-electron chi connectivity index (χ3n) is 7.03. The Morgan fingerprint density at radius 3 is 2.39 bits per heavy atom. The lowest BCUT2D eigenvalue weighted by Gasteiger charge is -2.40. The van der Waals surface area contributed by atoms with E-state index >= 15 is 0 Å². The van der Waals surface area contributed by atoms with Crippen LogP contribution in [-0.2, 0) is 11.3 Å². The molecule has 2 aromatic heterocycles. The minimum absolute atomic E-state index is 0.00955. The van der Waals surface area contributed by atoms with Crippen molar-refractivity contribution in [2.24, 2.45) is 23.5 Å². The zero-order valence-corrected chi connectivity index (χ0v) is 16.8. The van der Waals surface area contributed by atoms with Crippen LogP contribution in [0.3, 0.4) is 0 Å². The number of nitrogens with two attached hydrogens (primary N) is 1. The van der Waals surface area contributed by atoms with Gasteiger partial charge in [-0.2, -0.15) is 0 Å². The van der Waals surface area contributed by atoms with E-state index in [9.17, 15) is 4.79 Å². The monoisotopic (exact) mass is 382 g/mol. The van der Waals surface area contributed by atoms with Gasteiger partial charge in [0.25, 0.3) is 0 Å². The molecule has 28 heavy (non-hydrogen) atoms. The van der Waals surface area contributed by atoms with Gasteiger partial charge in [-0.15, -0.1) is 0 Å². The predicted molar refractivity (Wildman–Crippen MR) is 113 cm³/mol. The summed E-state index contributed by atoms with van der Waals surface area (Å²) in [6.45, 7) is 0.489. The van der Waals surface area contributed by atoms with Gasteiger partial charge in [-0.25, -0.2) is 4.98 Å². The Kier molecular flexibility index (Phi) is 6.30. The van der Waals surface area contributed by atoms with E-state index < -0.39 is 6.04 Å². The first kappa shape index (κ1) is 19.4. The van der Waals surface area contributed by atoms with Gasteiger partial charge in [0.15, 0.2) is 0 Å². The van der Waals surface area contributed by atoms with E-state index in [0.29, 0.717) is 24.3 Å². The SMILES string of the molecule is NC(C(=O)NCc1cnc2[nH]ccc2c1)C(C1CCCCC1)C1CCCCC1. The van der Waals surface area contributed by atoms with Gasteiger partial charge in [-0.3, -0.25) is 4.79 Å². The lowest BCUT2D eigenvalue weighted by Crippen LogP contribution is -2.50. The first-order valence-corrected chi connectivity index (χ1v) is 11.2. The molecule has 2 aliphatic rings. The predicted octanol–water partition coefficient (Wildman–Crippen LogP) is 4.28. The fourth-order valence-electron chi connectivity index (χ4n) is 5.57. The van der Waals surface area contributed by atoms with Crippen LogP contribution in [0.25, 0.3) is 11.0 Å². The van der Waals surface area contributed by atoms with Crippen LogP contribution in [0.2, 0.25) is 0 Å². The minimum atomic E-state index is -0.393. The number of rotatable bonds is 6. The van der Waals surface area contributed by atoms with Crippen molar-refractivity contribution in [1.29, 1.82) is 0 Å². The lowest BCUT2D eigenvalue weighted by atomic mass is 9.66. The summed E-state index contributed by atoms with van der Waals surface area (Å²) in [5, 5.41) is 4.17. The number of aromatic amines is 1. The summed E-state index contributed by atoms with van der Waals surface area (Å²) in [6.07, 6.45) is 16.6. The number of hydrogen-bond acceptors (Lipinski definition) is 3. The molecule has 0 radical (unpaired) electrons. The molecule has 1 amide bonds. The highest BCUT2D eigenvalue weighted by Crippen LogP contribution is 2.41. The van der Waals surface area contributed by atoms with Gasteiger partial charge in [0, 0.05) is 24.3 Å². The Morgan fingerprint density at radius 2 is 1.75 bits per heavy atom. The zero-order valence-electron chi connectivity index (χ0n) is 16.8. The molecule has 0 aromatic carbocycles. The number of pyridine rings is 1. The number of nitrogens with one attached hydrogen (secondary N) is 2. The van der Waals surface area contributed by atoms with Crippen molar-refractivity contribution in [3.8, 4) is 0 Å². The van der Waals surface area contributed by atoms with E-state index in [4.69, 9.17) is 5.73 Å². The summed E-state index contributed by atoms with van der Waals surface area (Å²) in [7, 11) is 0. The van der Waals surface area contributed by atoms with Gasteiger partial charge in [0.05, 0.1) is 6.04 Å². The summed E-state index contributed by atoms with van der Waals surface area (Å²) >= 11 is 0. The summed E-state index contributed by atoms with van der Waals surface area (Å²) in [4.78, 5) is 20.5. The topological polar surface area (TPSA) is 83.8 Å². The van der Waals surface area contributed by atoms with E-state index in [2.05, 4.69) is 21.4 Å². The molecule has 2 saturated carbocycles. The largest absolute Gasteiger partial charge is 0.351 e. The maximum atomic E-state index is 13.0. The molecule has 5 nitrogen and oxygen atoms in total. The standard InChI is InChI=1S/C23H34N4O/c24-21(20(17-7-3-1-4-8-17)18-9-5-2-6-10-18)23(28)27-15-16-13-19-11-12-25-22(19)26-14-16/h11-14,17-18,20-21H,1-10,15,24H2,(H,25,26)(H,27,28). The van der Waals surface area contributed by atoms with Crippen LogP contribution in [0.5, 0.6) is 0 Å². The van der Waals surface area contributed by atoms with Crippen molar-refractivity contribution < 1.29 is 4.79 Å². The highest BCUT2D eigenvalue weighted by Gasteiger charge is 2.38. The summed E-state index contributed by atoms with van der Waals surface area (Å²) < 4.78 is 0. The van der Waals surface area contributed by atoms with Crippen molar-refractivity contribution in [2.75, 3.05) is 0 Å². The highest BCUT2D eigenvalue weighted by molar-refractivity contribution is 5.82. The maximum absolute atomic E-state index is 13.0. The minimum Gasteiger partial charge on any atom is -0.351 e. The highest BCUT2D eigenvalue weighted by atomic mass is 16.2. The fourth-order valence-corrected chi connectivity index (χ4v) is 5.57. The van der Waals surface area contributed by atoms with Gasteiger partial charge in [0.1, 0.15) is 5.65 Å². The Morgan fingerprint density at radius 1 is 1.11 bits per heavy atom. The number of hydrogen-bond donors (Lipinski definition) is 3. The average molecular weight is 383 g/mol. The molecule has 0 bridgehead atoms. The number of fused-ring (bicyclic) bond motifs is 1. The molecular formula is C23H34N4O. The van der Waals surface area contributed by atoms with E-state index in [0.717, 1.165) is 16.6 Å². The number of H-pyrrole nitrogens is 1. The Hall–Kier alpha value is -1.88. The van der Waals surface area contributed by atoms with Gasteiger partial charge < -0.3 is 16.0 Å². The second-order valence-corrected chi connectivity index (χ2v) is 8.88. The average Bonchev–Trinajstić information content (AvgIpc) is 3.21. The molecule has 4 rings (SSSR count). The number of carbonyl (C=O) groups is 1. The van der Waals surface area contributed by atoms with Crippen LogP contribution in [0, 0.1) is 17.8 Å². The molecule has 2 fully saturated rings. The smallest absolute Gasteiger partial charge is 0.237 e. The van der Waals surface area contributed by atoms with Crippen LogP contribution in [0.1, 0.15) is 69.8 Å². The second kappa shape index (κ2) is 9.08. The van der Waals surface area contributed by atoms with Gasteiger partial charge in [-0.05, 0) is 35.4 Å². The maximum Gasteiger partial charge on any atom is 0.237 e. The van der Waals surface area contributed by atoms with Crippen molar-refractivity contribution in [3.05, 3.63) is 30.1 Å². The molecule has 1 atom stereocenters. The van der Waals surface area contributed by atoms with E-state index in [1.165, 1.54) is 64.2 Å². The molecule has 2 aromatic rings. The van der Waals surface area contributed by atoms with Crippen LogP contribution < -0.4 is 11.1 Å². The van der Waals surface area contributed by atoms with Crippen molar-refractivity contribution in [2.45, 2.75) is 76.8 Å². The van der Waals surface area contributed by atoms with Crippen LogP contribution in [-0.4, -0.2) is 21.9 Å². The molecular weight excluding hydrogens is 348 g/mol. The first-order chi connectivity index (χ1) is 13.7. The van der Waals surface area contributed by atoms with Gasteiger partial charge in [0.2, 0.25) is 5.91 Å². The molecule has 0 spiro atoms. The van der Waals surface area contributed by atoms with Crippen molar-refractivity contribution >= 4 is 16.9 Å². The number of amides is 1. The van der Waals surface area contributed by atoms with Crippen molar-refractivity contribution in [3.63, 3.8) is 0 Å². The fraction of sp³-hybridized carbons (Fsp3) is 0.652. The van der Waals surface area contributed by atoms with Crippen LogP contribution in [0.15, 0.2) is 24.5 Å². The van der Waals surface area contributed by atoms with Crippen LogP contribution in [0.4, 0.5) is 0 Å². The molecule has 4 N–H and O–H groups in total. The third-order valence-corrected chi connectivity index (χ3v) is 7.03. The van der Waals surface area contributed by atoms with E-state index in [1.54, 1.807) is 0 Å². The quantitative estimate of drug-likeness (QED) is 0.697. The third kappa shape index (κ3) is 4.40. The molecule has 1 unspecified atom stereocenters. The van der Waals surface area contributed by atoms with Gasteiger partial charge in [-0.1, -0.05) is 64.2 Å². The molecule has 5 heteroatoms. The molecule has 2 aliphatic carbocycles. The van der Waals surface area contributed by atoms with E-state index in [-0.39, 0.29) is 5.91 Å². The normalized spacial score (nSPS) is 20.5. The Labute approximate surface area is 167 Å². The van der Waals surface area contributed by atoms with E-state index in [1.807, 2.05) is 18.5 Å². The summed E-state index contributed by atoms with van der Waals surface area (Å²) in [6, 6.07) is 3.68. The Bertz CT molecular complexity index is 756. The zero-order chi connectivity index (χ0) is 19.3.